The molecule has 0 spiro atoms. The van der Waals surface area contributed by atoms with Crippen molar-refractivity contribution in [2.75, 3.05) is 40.3 Å². The van der Waals surface area contributed by atoms with E-state index in [-0.39, 0.29) is 0 Å². The second kappa shape index (κ2) is 7.30. The van der Waals surface area contributed by atoms with E-state index in [0.29, 0.717) is 27.7 Å². The third-order valence-electron chi connectivity index (χ3n) is 3.80. The van der Waals surface area contributed by atoms with Crippen molar-refractivity contribution in [3.8, 4) is 0 Å². The van der Waals surface area contributed by atoms with Gasteiger partial charge in [-0.25, -0.2) is 0 Å². The average Bonchev–Trinajstić information content (AvgIpc) is 2.42. The first-order valence-corrected chi connectivity index (χ1v) is 7.84. The van der Waals surface area contributed by atoms with Gasteiger partial charge in [0.15, 0.2) is 0 Å². The van der Waals surface area contributed by atoms with E-state index in [0.717, 1.165) is 31.7 Å². The van der Waals surface area contributed by atoms with Gasteiger partial charge < -0.3 is 10.2 Å². The summed E-state index contributed by atoms with van der Waals surface area (Å²) in [6.07, 6.45) is 0. The fraction of sp³-hybridized carbons (Fsp3) is 0.571. The monoisotopic (exact) mass is 335 g/mol. The van der Waals surface area contributed by atoms with Gasteiger partial charge in [-0.2, -0.15) is 0 Å². The Morgan fingerprint density at radius 1 is 1.15 bits per heavy atom. The molecule has 1 aliphatic rings. The van der Waals surface area contributed by atoms with E-state index in [9.17, 15) is 0 Å². The SMILES string of the molecule is CN1CCN(C)C(CNCc2c(Cl)ccc(Cl)c2Cl)C1. The van der Waals surface area contributed by atoms with Gasteiger partial charge in [0.05, 0.1) is 10.0 Å². The predicted octanol–water partition coefficient (Wildman–Crippen LogP) is 2.98. The molecule has 6 heteroatoms. The standard InChI is InChI=1S/C14H20Cl3N3/c1-19-5-6-20(2)10(9-19)7-18-8-11-12(15)3-4-13(16)14(11)17/h3-4,10,18H,5-9H2,1-2H3. The molecular formula is C14H20Cl3N3. The smallest absolute Gasteiger partial charge is 0.0652 e. The molecule has 1 heterocycles. The molecule has 0 aromatic heterocycles. The number of hydrogen-bond acceptors (Lipinski definition) is 3. The molecule has 1 saturated heterocycles. The van der Waals surface area contributed by atoms with Crippen molar-refractivity contribution in [3.05, 3.63) is 32.8 Å². The molecule has 3 nitrogen and oxygen atoms in total. The summed E-state index contributed by atoms with van der Waals surface area (Å²) < 4.78 is 0. The molecule has 0 amide bonds. The van der Waals surface area contributed by atoms with E-state index in [1.807, 2.05) is 0 Å². The summed E-state index contributed by atoms with van der Waals surface area (Å²) in [5, 5.41) is 5.18. The van der Waals surface area contributed by atoms with Crippen LogP contribution in [0.15, 0.2) is 12.1 Å². The minimum absolute atomic E-state index is 0.505. The maximum Gasteiger partial charge on any atom is 0.0652 e. The van der Waals surface area contributed by atoms with Crippen molar-refractivity contribution in [2.24, 2.45) is 0 Å². The zero-order valence-corrected chi connectivity index (χ0v) is 14.1. The summed E-state index contributed by atoms with van der Waals surface area (Å²) in [6.45, 7) is 4.83. The molecule has 1 fully saturated rings. The van der Waals surface area contributed by atoms with Crippen LogP contribution in [0.2, 0.25) is 15.1 Å². The maximum absolute atomic E-state index is 6.20. The first kappa shape index (κ1) is 16.3. The number of nitrogens with zero attached hydrogens (tertiary/aromatic N) is 2. The first-order chi connectivity index (χ1) is 9.49. The van der Waals surface area contributed by atoms with E-state index in [1.165, 1.54) is 0 Å². The van der Waals surface area contributed by atoms with Gasteiger partial charge in [0.2, 0.25) is 0 Å². The van der Waals surface area contributed by atoms with Crippen molar-refractivity contribution in [2.45, 2.75) is 12.6 Å². The molecule has 0 saturated carbocycles. The summed E-state index contributed by atoms with van der Waals surface area (Å²) in [4.78, 5) is 4.74. The van der Waals surface area contributed by atoms with Crippen LogP contribution in [0, 0.1) is 0 Å². The van der Waals surface area contributed by atoms with Gasteiger partial charge in [0.1, 0.15) is 0 Å². The van der Waals surface area contributed by atoms with Crippen LogP contribution >= 0.6 is 34.8 Å². The molecule has 1 unspecified atom stereocenters. The normalized spacial score (nSPS) is 21.4. The Kier molecular flexibility index (Phi) is 5.96. The van der Waals surface area contributed by atoms with Crippen LogP contribution in [0.25, 0.3) is 0 Å². The van der Waals surface area contributed by atoms with E-state index in [2.05, 4.69) is 29.2 Å². The summed E-state index contributed by atoms with van der Waals surface area (Å²) in [5.74, 6) is 0. The van der Waals surface area contributed by atoms with Gasteiger partial charge in [-0.05, 0) is 26.2 Å². The third kappa shape index (κ3) is 4.00. The number of halogens is 3. The van der Waals surface area contributed by atoms with Crippen molar-refractivity contribution in [3.63, 3.8) is 0 Å². The molecule has 1 aliphatic heterocycles. The van der Waals surface area contributed by atoms with Gasteiger partial charge in [-0.15, -0.1) is 0 Å². The predicted molar refractivity (Wildman–Crippen MR) is 87.1 cm³/mol. The average molecular weight is 337 g/mol. The van der Waals surface area contributed by atoms with Crippen LogP contribution in [0.4, 0.5) is 0 Å². The van der Waals surface area contributed by atoms with Crippen LogP contribution < -0.4 is 5.32 Å². The van der Waals surface area contributed by atoms with Gasteiger partial charge in [-0.1, -0.05) is 34.8 Å². The zero-order chi connectivity index (χ0) is 14.7. The van der Waals surface area contributed by atoms with Crippen molar-refractivity contribution >= 4 is 34.8 Å². The van der Waals surface area contributed by atoms with Crippen molar-refractivity contribution < 1.29 is 0 Å². The van der Waals surface area contributed by atoms with E-state index in [4.69, 9.17) is 34.8 Å². The topological polar surface area (TPSA) is 18.5 Å². The molecule has 0 aliphatic carbocycles. The van der Waals surface area contributed by atoms with Crippen LogP contribution in [-0.4, -0.2) is 56.1 Å². The number of hydrogen-bond donors (Lipinski definition) is 1. The molecule has 20 heavy (non-hydrogen) atoms. The highest BCUT2D eigenvalue weighted by Gasteiger charge is 2.21. The molecule has 1 N–H and O–H groups in total. The van der Waals surface area contributed by atoms with Crippen LogP contribution in [0.1, 0.15) is 5.56 Å². The lowest BCUT2D eigenvalue weighted by Gasteiger charge is -2.37. The van der Waals surface area contributed by atoms with Gasteiger partial charge in [-0.3, -0.25) is 4.90 Å². The highest BCUT2D eigenvalue weighted by atomic mass is 35.5. The highest BCUT2D eigenvalue weighted by Crippen LogP contribution is 2.31. The van der Waals surface area contributed by atoms with E-state index >= 15 is 0 Å². The number of likely N-dealkylation sites (N-methyl/N-ethyl adjacent to an activating group) is 2. The summed E-state index contributed by atoms with van der Waals surface area (Å²) in [6, 6.07) is 4.01. The first-order valence-electron chi connectivity index (χ1n) is 6.71. The molecular weight excluding hydrogens is 317 g/mol. The minimum Gasteiger partial charge on any atom is -0.311 e. The molecule has 0 radical (unpaired) electrons. The Bertz CT molecular complexity index is 467. The second-order valence-electron chi connectivity index (χ2n) is 5.35. The molecule has 1 atom stereocenters. The summed E-state index contributed by atoms with van der Waals surface area (Å²) >= 11 is 18.4. The fourth-order valence-corrected chi connectivity index (χ4v) is 3.10. The zero-order valence-electron chi connectivity index (χ0n) is 11.8. The summed E-state index contributed by atoms with van der Waals surface area (Å²) in [7, 11) is 4.32. The lowest BCUT2D eigenvalue weighted by molar-refractivity contribution is 0.113. The van der Waals surface area contributed by atoms with E-state index in [1.54, 1.807) is 12.1 Å². The van der Waals surface area contributed by atoms with Crippen molar-refractivity contribution in [1.29, 1.82) is 0 Å². The van der Waals surface area contributed by atoms with Crippen LogP contribution in [-0.2, 0) is 6.54 Å². The van der Waals surface area contributed by atoms with Gasteiger partial charge >= 0.3 is 0 Å². The molecule has 2 rings (SSSR count). The molecule has 0 bridgehead atoms. The Labute approximate surface area is 135 Å². The minimum atomic E-state index is 0.505. The third-order valence-corrected chi connectivity index (χ3v) is 5.00. The maximum atomic E-state index is 6.20. The Balaban J connectivity index is 1.91. The van der Waals surface area contributed by atoms with Crippen LogP contribution in [0.5, 0.6) is 0 Å². The lowest BCUT2D eigenvalue weighted by Crippen LogP contribution is -2.53. The highest BCUT2D eigenvalue weighted by molar-refractivity contribution is 6.44. The van der Waals surface area contributed by atoms with Gasteiger partial charge in [0, 0.05) is 49.4 Å². The Hall–Kier alpha value is -0.0300. The molecule has 1 aromatic carbocycles. The number of piperazine rings is 1. The number of nitrogens with one attached hydrogen (secondary N) is 1. The van der Waals surface area contributed by atoms with Crippen molar-refractivity contribution in [1.82, 2.24) is 15.1 Å². The lowest BCUT2D eigenvalue weighted by atomic mass is 10.1. The number of benzene rings is 1. The molecule has 1 aromatic rings. The van der Waals surface area contributed by atoms with Crippen LogP contribution in [0.3, 0.4) is 0 Å². The van der Waals surface area contributed by atoms with Gasteiger partial charge in [0.25, 0.3) is 0 Å². The largest absolute Gasteiger partial charge is 0.311 e. The second-order valence-corrected chi connectivity index (χ2v) is 6.54. The quantitative estimate of drug-likeness (QED) is 0.853. The number of rotatable bonds is 4. The Morgan fingerprint density at radius 2 is 1.85 bits per heavy atom. The van der Waals surface area contributed by atoms with E-state index < -0.39 is 0 Å². The Morgan fingerprint density at radius 3 is 2.60 bits per heavy atom. The fourth-order valence-electron chi connectivity index (χ4n) is 2.42. The molecule has 112 valence electrons. The summed E-state index contributed by atoms with van der Waals surface area (Å²) in [5.41, 5.74) is 0.868.